The maximum absolute atomic E-state index is 15.3. The third kappa shape index (κ3) is 4.24. The minimum absolute atomic E-state index is 0.0000903. The Morgan fingerprint density at radius 2 is 2.00 bits per heavy atom. The summed E-state index contributed by atoms with van der Waals surface area (Å²) < 4.78 is 19.1. The number of imidazole rings is 1. The number of hydrogen-bond acceptors (Lipinski definition) is 6. The first-order valence-corrected chi connectivity index (χ1v) is 13.5. The Morgan fingerprint density at radius 1 is 1.12 bits per heavy atom. The molecule has 0 unspecified atom stereocenters. The van der Waals surface area contributed by atoms with Crippen molar-refractivity contribution >= 4 is 33.5 Å². The predicted molar refractivity (Wildman–Crippen MR) is 149 cm³/mol. The molecule has 5 heterocycles. The standard InChI is InChI=1S/C30H27FN8O/c1-37-28-23-12-22(25(31)13-26(23)36-29(32)24(28)16-35-37)30(40)39(20-9-10-20)17-19-7-5-18(14-33-19)6-8-21-15-34-27-4-2-3-11-38(21)27/h5,7,12-16,20H,2-4,9-11,17H2,1H3,(H2,32,36). The highest BCUT2D eigenvalue weighted by molar-refractivity contribution is 6.10. The summed E-state index contributed by atoms with van der Waals surface area (Å²) in [6.07, 6.45) is 10.3. The molecular formula is C30H27FN8O. The lowest BCUT2D eigenvalue weighted by Crippen LogP contribution is -2.33. The number of rotatable bonds is 4. The number of benzene rings is 1. The van der Waals surface area contributed by atoms with E-state index >= 15 is 4.39 Å². The van der Waals surface area contributed by atoms with Crippen molar-refractivity contribution in [3.63, 3.8) is 0 Å². The SMILES string of the molecule is Cn1ncc2c(N)nc3cc(F)c(C(=O)N(Cc4ccc(C#Cc5cnc6n5CCCC6)cn4)C4CC4)cc3c21. The number of nitrogen functional groups attached to an aromatic ring is 1. The van der Waals surface area contributed by atoms with Crippen molar-refractivity contribution in [3.8, 4) is 11.8 Å². The molecule has 2 N–H and O–H groups in total. The summed E-state index contributed by atoms with van der Waals surface area (Å²) in [6, 6.07) is 6.68. The first-order chi connectivity index (χ1) is 19.5. The van der Waals surface area contributed by atoms with Crippen molar-refractivity contribution in [1.82, 2.24) is 34.2 Å². The number of halogens is 1. The van der Waals surface area contributed by atoms with Gasteiger partial charge in [0.25, 0.3) is 5.91 Å². The molecule has 0 bridgehead atoms. The van der Waals surface area contributed by atoms with E-state index in [0.29, 0.717) is 21.8 Å². The number of carbonyl (C=O) groups is 1. The molecule has 1 aliphatic heterocycles. The van der Waals surface area contributed by atoms with E-state index in [1.54, 1.807) is 35.1 Å². The molecule has 7 rings (SSSR count). The van der Waals surface area contributed by atoms with Gasteiger partial charge in [0, 0.05) is 49.3 Å². The molecular weight excluding hydrogens is 507 g/mol. The molecule has 1 fully saturated rings. The first-order valence-electron chi connectivity index (χ1n) is 13.5. The quantitative estimate of drug-likeness (QED) is 0.350. The van der Waals surface area contributed by atoms with Crippen LogP contribution in [0.1, 0.15) is 58.8 Å². The number of amides is 1. The Balaban J connectivity index is 1.15. The summed E-state index contributed by atoms with van der Waals surface area (Å²) in [4.78, 5) is 28.8. The van der Waals surface area contributed by atoms with Gasteiger partial charge in [0.05, 0.1) is 46.6 Å². The molecule has 10 heteroatoms. The minimum atomic E-state index is -0.628. The van der Waals surface area contributed by atoms with E-state index in [0.717, 1.165) is 55.0 Å². The number of aryl methyl sites for hydroxylation is 2. The molecule has 0 atom stereocenters. The number of nitrogens with two attached hydrogens (primary N) is 1. The fourth-order valence-electron chi connectivity index (χ4n) is 5.47. The van der Waals surface area contributed by atoms with E-state index in [9.17, 15) is 4.79 Å². The van der Waals surface area contributed by atoms with Gasteiger partial charge in [-0.05, 0) is 49.8 Å². The second kappa shape index (κ2) is 9.45. The Hall–Kier alpha value is -4.78. The largest absolute Gasteiger partial charge is 0.383 e. The fourth-order valence-corrected chi connectivity index (χ4v) is 5.47. The summed E-state index contributed by atoms with van der Waals surface area (Å²) in [5, 5.41) is 5.57. The van der Waals surface area contributed by atoms with Crippen molar-refractivity contribution < 1.29 is 9.18 Å². The highest BCUT2D eigenvalue weighted by Crippen LogP contribution is 2.33. The topological polar surface area (TPSA) is 108 Å². The van der Waals surface area contributed by atoms with Crippen molar-refractivity contribution in [2.24, 2.45) is 7.05 Å². The third-order valence-electron chi connectivity index (χ3n) is 7.74. The fraction of sp³-hybridized carbons (Fsp3) is 0.300. The molecule has 9 nitrogen and oxygen atoms in total. The average Bonchev–Trinajstić information content (AvgIpc) is 3.60. The smallest absolute Gasteiger partial charge is 0.257 e. The van der Waals surface area contributed by atoms with Crippen LogP contribution in [0.15, 0.2) is 42.9 Å². The lowest BCUT2D eigenvalue weighted by molar-refractivity contribution is 0.0723. The zero-order valence-corrected chi connectivity index (χ0v) is 22.1. The van der Waals surface area contributed by atoms with Gasteiger partial charge in [-0.1, -0.05) is 5.92 Å². The molecule has 1 aliphatic carbocycles. The highest BCUT2D eigenvalue weighted by Gasteiger charge is 2.34. The first kappa shape index (κ1) is 24.3. The molecule has 5 aromatic rings. The van der Waals surface area contributed by atoms with E-state index in [-0.39, 0.29) is 29.9 Å². The maximum Gasteiger partial charge on any atom is 0.257 e. The van der Waals surface area contributed by atoms with E-state index in [2.05, 4.69) is 36.5 Å². The number of aromatic nitrogens is 6. The molecule has 1 saturated carbocycles. The van der Waals surface area contributed by atoms with Gasteiger partial charge in [-0.15, -0.1) is 0 Å². The van der Waals surface area contributed by atoms with Crippen LogP contribution in [0.3, 0.4) is 0 Å². The second-order valence-corrected chi connectivity index (χ2v) is 10.5. The number of fused-ring (bicyclic) bond motifs is 4. The van der Waals surface area contributed by atoms with Gasteiger partial charge in [-0.2, -0.15) is 5.10 Å². The van der Waals surface area contributed by atoms with Crippen molar-refractivity contribution in [3.05, 3.63) is 77.0 Å². The molecule has 0 spiro atoms. The third-order valence-corrected chi connectivity index (χ3v) is 7.74. The van der Waals surface area contributed by atoms with Gasteiger partial charge in [-0.25, -0.2) is 14.4 Å². The minimum Gasteiger partial charge on any atom is -0.383 e. The second-order valence-electron chi connectivity index (χ2n) is 10.5. The Morgan fingerprint density at radius 3 is 2.80 bits per heavy atom. The van der Waals surface area contributed by atoms with Gasteiger partial charge in [-0.3, -0.25) is 14.5 Å². The highest BCUT2D eigenvalue weighted by atomic mass is 19.1. The normalized spacial score (nSPS) is 14.7. The van der Waals surface area contributed by atoms with Crippen LogP contribution in [-0.2, 0) is 26.6 Å². The van der Waals surface area contributed by atoms with Gasteiger partial charge < -0.3 is 15.2 Å². The predicted octanol–water partition coefficient (Wildman–Crippen LogP) is 3.98. The lowest BCUT2D eigenvalue weighted by Gasteiger charge is -2.23. The van der Waals surface area contributed by atoms with Gasteiger partial charge in [0.15, 0.2) is 0 Å². The van der Waals surface area contributed by atoms with Crippen molar-refractivity contribution in [1.29, 1.82) is 0 Å². The van der Waals surface area contributed by atoms with Crippen LogP contribution < -0.4 is 5.73 Å². The van der Waals surface area contributed by atoms with Crippen LogP contribution in [0.4, 0.5) is 10.2 Å². The number of hydrogen-bond donors (Lipinski definition) is 1. The maximum atomic E-state index is 15.3. The summed E-state index contributed by atoms with van der Waals surface area (Å²) in [5.41, 5.74) is 9.59. The molecule has 40 heavy (non-hydrogen) atoms. The summed E-state index contributed by atoms with van der Waals surface area (Å²) in [6.45, 7) is 1.24. The van der Waals surface area contributed by atoms with Crippen LogP contribution in [0, 0.1) is 17.7 Å². The van der Waals surface area contributed by atoms with Gasteiger partial charge in [0.1, 0.15) is 23.2 Å². The van der Waals surface area contributed by atoms with Crippen molar-refractivity contribution in [2.75, 3.05) is 5.73 Å². The van der Waals surface area contributed by atoms with E-state index in [4.69, 9.17) is 5.73 Å². The molecule has 1 amide bonds. The monoisotopic (exact) mass is 534 g/mol. The van der Waals surface area contributed by atoms with Crippen LogP contribution in [-0.4, -0.2) is 46.1 Å². The number of carbonyl (C=O) groups excluding carboxylic acids is 1. The Labute approximate surface area is 229 Å². The number of pyridine rings is 2. The van der Waals surface area contributed by atoms with Gasteiger partial charge in [0.2, 0.25) is 0 Å². The molecule has 0 radical (unpaired) electrons. The molecule has 1 aromatic carbocycles. The molecule has 4 aromatic heterocycles. The van der Waals surface area contributed by atoms with Crippen LogP contribution >= 0.6 is 0 Å². The Bertz CT molecular complexity index is 1860. The van der Waals surface area contributed by atoms with Gasteiger partial charge >= 0.3 is 0 Å². The van der Waals surface area contributed by atoms with E-state index < -0.39 is 5.82 Å². The Kier molecular flexibility index (Phi) is 5.73. The zero-order valence-electron chi connectivity index (χ0n) is 22.1. The van der Waals surface area contributed by atoms with Crippen LogP contribution in [0.2, 0.25) is 0 Å². The lowest BCUT2D eigenvalue weighted by atomic mass is 10.1. The summed E-state index contributed by atoms with van der Waals surface area (Å²) in [7, 11) is 1.78. The summed E-state index contributed by atoms with van der Waals surface area (Å²) >= 11 is 0. The van der Waals surface area contributed by atoms with Crippen LogP contribution in [0.5, 0.6) is 0 Å². The van der Waals surface area contributed by atoms with Crippen molar-refractivity contribution in [2.45, 2.75) is 51.2 Å². The summed E-state index contributed by atoms with van der Waals surface area (Å²) in [5.74, 6) is 6.78. The molecule has 0 saturated heterocycles. The zero-order chi connectivity index (χ0) is 27.4. The number of nitrogens with zero attached hydrogens (tertiary/aromatic N) is 7. The average molecular weight is 535 g/mol. The van der Waals surface area contributed by atoms with E-state index in [1.807, 2.05) is 18.3 Å². The molecule has 2 aliphatic rings. The van der Waals surface area contributed by atoms with E-state index in [1.165, 1.54) is 12.5 Å². The molecule has 200 valence electrons. The number of anilines is 1. The van der Waals surface area contributed by atoms with Crippen LogP contribution in [0.25, 0.3) is 21.8 Å².